The monoisotopic (exact) mass is 461 g/mol. The van der Waals surface area contributed by atoms with Crippen LogP contribution in [0.1, 0.15) is 18.9 Å². The lowest BCUT2D eigenvalue weighted by Crippen LogP contribution is -2.54. The highest BCUT2D eigenvalue weighted by molar-refractivity contribution is 5.81. The number of pyridine rings is 1. The van der Waals surface area contributed by atoms with Gasteiger partial charge in [-0.1, -0.05) is 18.2 Å². The summed E-state index contributed by atoms with van der Waals surface area (Å²) in [7, 11) is 0. The fourth-order valence-corrected chi connectivity index (χ4v) is 4.54. The molecule has 0 N–H and O–H groups in total. The van der Waals surface area contributed by atoms with Crippen LogP contribution in [0.3, 0.4) is 0 Å². The molecule has 33 heavy (non-hydrogen) atoms. The van der Waals surface area contributed by atoms with Gasteiger partial charge in [-0.15, -0.1) is 0 Å². The molecule has 1 aromatic heterocycles. The lowest BCUT2D eigenvalue weighted by atomic mass is 10.2. The van der Waals surface area contributed by atoms with Crippen molar-refractivity contribution < 1.29 is 18.0 Å². The number of para-hydroxylation sites is 1. The molecule has 0 aliphatic carbocycles. The first-order chi connectivity index (χ1) is 15.8. The molecule has 1 amide bonds. The van der Waals surface area contributed by atoms with E-state index in [0.29, 0.717) is 38.5 Å². The molecule has 2 saturated heterocycles. The lowest BCUT2D eigenvalue weighted by Gasteiger charge is -2.39. The van der Waals surface area contributed by atoms with Gasteiger partial charge in [0, 0.05) is 64.2 Å². The van der Waals surface area contributed by atoms with Crippen LogP contribution >= 0.6 is 0 Å². The average molecular weight is 462 g/mol. The van der Waals surface area contributed by atoms with Gasteiger partial charge in [0.1, 0.15) is 5.82 Å². The normalized spacial score (nSPS) is 19.3. The molecule has 3 heterocycles. The van der Waals surface area contributed by atoms with Crippen molar-refractivity contribution in [3.05, 3.63) is 54.2 Å². The number of amides is 1. The van der Waals surface area contributed by atoms with Crippen molar-refractivity contribution in [2.75, 3.05) is 62.2 Å². The summed E-state index contributed by atoms with van der Waals surface area (Å²) in [6, 6.07) is 12.5. The summed E-state index contributed by atoms with van der Waals surface area (Å²) in [5.74, 6) is 0.685. The predicted octanol–water partition coefficient (Wildman–Crippen LogP) is 3.35. The summed E-state index contributed by atoms with van der Waals surface area (Å²) in [5.41, 5.74) is 0.441. The molecule has 2 aliphatic rings. The van der Waals surface area contributed by atoms with Crippen molar-refractivity contribution in [2.45, 2.75) is 25.6 Å². The minimum atomic E-state index is -4.39. The van der Waals surface area contributed by atoms with Gasteiger partial charge in [-0.3, -0.25) is 9.69 Å². The van der Waals surface area contributed by atoms with Crippen LogP contribution in [0.5, 0.6) is 0 Å². The Kier molecular flexibility index (Phi) is 7.07. The van der Waals surface area contributed by atoms with Gasteiger partial charge in [0.2, 0.25) is 5.91 Å². The Balaban J connectivity index is 1.30. The number of hydrogen-bond donors (Lipinski definition) is 0. The van der Waals surface area contributed by atoms with Crippen LogP contribution in [-0.4, -0.2) is 79.1 Å². The standard InChI is InChI=1S/C24H30F3N5O/c1-19(23(33)32-16-13-30(14-17-32)21-6-3-2-4-7-21)29-10-5-11-31(15-12-29)22-9-8-20(18-28-22)24(25,26)27/h2-4,6-9,18-19H,5,10-17H2,1H3. The Bertz CT molecular complexity index is 914. The maximum Gasteiger partial charge on any atom is 0.417 e. The first kappa shape index (κ1) is 23.4. The zero-order valence-electron chi connectivity index (χ0n) is 18.8. The molecule has 0 spiro atoms. The van der Waals surface area contributed by atoms with Gasteiger partial charge in [-0.25, -0.2) is 4.98 Å². The van der Waals surface area contributed by atoms with E-state index in [0.717, 1.165) is 38.3 Å². The number of nitrogens with zero attached hydrogens (tertiary/aromatic N) is 5. The fraction of sp³-hybridized carbons (Fsp3) is 0.500. The Hall–Kier alpha value is -2.81. The first-order valence-corrected chi connectivity index (χ1v) is 11.4. The molecule has 1 unspecified atom stereocenters. The average Bonchev–Trinajstić information content (AvgIpc) is 3.10. The number of halogens is 3. The zero-order chi connectivity index (χ0) is 23.4. The van der Waals surface area contributed by atoms with E-state index < -0.39 is 11.7 Å². The Morgan fingerprint density at radius 1 is 0.879 bits per heavy atom. The number of hydrogen-bond acceptors (Lipinski definition) is 5. The number of alkyl halides is 3. The molecule has 4 rings (SSSR count). The van der Waals surface area contributed by atoms with Crippen LogP contribution in [0.2, 0.25) is 0 Å². The quantitative estimate of drug-likeness (QED) is 0.699. The molecular formula is C24H30F3N5O. The summed E-state index contributed by atoms with van der Waals surface area (Å²) in [6.07, 6.45) is -2.68. The molecule has 9 heteroatoms. The predicted molar refractivity (Wildman–Crippen MR) is 122 cm³/mol. The molecule has 1 aromatic carbocycles. The number of benzene rings is 1. The third-order valence-electron chi connectivity index (χ3n) is 6.55. The molecule has 0 saturated carbocycles. The van der Waals surface area contributed by atoms with Gasteiger partial charge >= 0.3 is 6.18 Å². The molecule has 178 valence electrons. The van der Waals surface area contributed by atoms with E-state index >= 15 is 0 Å². The Labute approximate surface area is 192 Å². The molecule has 2 fully saturated rings. The van der Waals surface area contributed by atoms with Crippen molar-refractivity contribution >= 4 is 17.4 Å². The van der Waals surface area contributed by atoms with Crippen LogP contribution in [0.25, 0.3) is 0 Å². The molecule has 2 aromatic rings. The highest BCUT2D eigenvalue weighted by Crippen LogP contribution is 2.29. The fourth-order valence-electron chi connectivity index (χ4n) is 4.54. The summed E-state index contributed by atoms with van der Waals surface area (Å²) in [6.45, 7) is 7.75. The van der Waals surface area contributed by atoms with E-state index in [-0.39, 0.29) is 11.9 Å². The molecular weight excluding hydrogens is 431 g/mol. The Morgan fingerprint density at radius 2 is 1.58 bits per heavy atom. The molecule has 0 radical (unpaired) electrons. The highest BCUT2D eigenvalue weighted by atomic mass is 19.4. The topological polar surface area (TPSA) is 42.9 Å². The van der Waals surface area contributed by atoms with Gasteiger partial charge in [0.05, 0.1) is 11.6 Å². The number of carbonyl (C=O) groups is 1. The van der Waals surface area contributed by atoms with E-state index in [1.807, 2.05) is 34.9 Å². The summed E-state index contributed by atoms with van der Waals surface area (Å²) < 4.78 is 38.4. The number of anilines is 2. The minimum absolute atomic E-state index is 0.142. The second kappa shape index (κ2) is 9.99. The maximum absolute atomic E-state index is 13.2. The van der Waals surface area contributed by atoms with Crippen molar-refractivity contribution in [2.24, 2.45) is 0 Å². The zero-order valence-corrected chi connectivity index (χ0v) is 18.8. The van der Waals surface area contributed by atoms with Gasteiger partial charge in [0.25, 0.3) is 0 Å². The van der Waals surface area contributed by atoms with E-state index in [2.05, 4.69) is 26.9 Å². The van der Waals surface area contributed by atoms with Gasteiger partial charge in [-0.05, 0) is 37.6 Å². The van der Waals surface area contributed by atoms with Crippen molar-refractivity contribution in [3.63, 3.8) is 0 Å². The SMILES string of the molecule is CC(C(=O)N1CCN(c2ccccc2)CC1)N1CCCN(c2ccc(C(F)(F)F)cn2)CC1. The van der Waals surface area contributed by atoms with Crippen LogP contribution in [0.4, 0.5) is 24.7 Å². The van der Waals surface area contributed by atoms with E-state index in [4.69, 9.17) is 0 Å². The van der Waals surface area contributed by atoms with Crippen LogP contribution < -0.4 is 9.80 Å². The number of piperazine rings is 1. The third-order valence-corrected chi connectivity index (χ3v) is 6.55. The number of aromatic nitrogens is 1. The van der Waals surface area contributed by atoms with E-state index in [9.17, 15) is 18.0 Å². The molecule has 1 atom stereocenters. The number of rotatable bonds is 4. The largest absolute Gasteiger partial charge is 0.417 e. The van der Waals surface area contributed by atoms with Crippen molar-refractivity contribution in [3.8, 4) is 0 Å². The summed E-state index contributed by atoms with van der Waals surface area (Å²) >= 11 is 0. The molecule has 6 nitrogen and oxygen atoms in total. The van der Waals surface area contributed by atoms with Crippen molar-refractivity contribution in [1.82, 2.24) is 14.8 Å². The highest BCUT2D eigenvalue weighted by Gasteiger charge is 2.32. The maximum atomic E-state index is 13.2. The van der Waals surface area contributed by atoms with Crippen LogP contribution in [-0.2, 0) is 11.0 Å². The van der Waals surface area contributed by atoms with Gasteiger partial charge < -0.3 is 14.7 Å². The summed E-state index contributed by atoms with van der Waals surface area (Å²) in [4.78, 5) is 25.6. The molecule has 2 aliphatic heterocycles. The van der Waals surface area contributed by atoms with Gasteiger partial charge in [-0.2, -0.15) is 13.2 Å². The van der Waals surface area contributed by atoms with Gasteiger partial charge in [0.15, 0.2) is 0 Å². The second-order valence-electron chi connectivity index (χ2n) is 8.60. The smallest absolute Gasteiger partial charge is 0.368 e. The van der Waals surface area contributed by atoms with Crippen molar-refractivity contribution in [1.29, 1.82) is 0 Å². The second-order valence-corrected chi connectivity index (χ2v) is 8.60. The van der Waals surface area contributed by atoms with Crippen LogP contribution in [0.15, 0.2) is 48.7 Å². The third kappa shape index (κ3) is 5.58. The number of carbonyl (C=O) groups excluding carboxylic acids is 1. The van der Waals surface area contributed by atoms with Crippen LogP contribution in [0, 0.1) is 0 Å². The first-order valence-electron chi connectivity index (χ1n) is 11.4. The summed E-state index contributed by atoms with van der Waals surface area (Å²) in [5, 5.41) is 0. The van der Waals surface area contributed by atoms with E-state index in [1.54, 1.807) is 0 Å². The minimum Gasteiger partial charge on any atom is -0.368 e. The Morgan fingerprint density at radius 3 is 2.21 bits per heavy atom. The molecule has 0 bridgehead atoms. The van der Waals surface area contributed by atoms with E-state index in [1.165, 1.54) is 11.8 Å². The lowest BCUT2D eigenvalue weighted by molar-refractivity contribution is -0.138.